The fourth-order valence-corrected chi connectivity index (χ4v) is 1.82. The van der Waals surface area contributed by atoms with Crippen molar-refractivity contribution in [2.75, 3.05) is 19.3 Å². The highest BCUT2D eigenvalue weighted by atomic mass is 32.2. The molecule has 0 saturated heterocycles. The van der Waals surface area contributed by atoms with E-state index in [2.05, 4.69) is 30.8 Å². The van der Waals surface area contributed by atoms with Crippen LogP contribution in [0.15, 0.2) is 0 Å². The Hall–Kier alpha value is -0.130. The first kappa shape index (κ1) is 13.9. The Morgan fingerprint density at radius 2 is 1.71 bits per heavy atom. The van der Waals surface area contributed by atoms with E-state index in [4.69, 9.17) is 0 Å². The van der Waals surface area contributed by atoms with Gasteiger partial charge in [0, 0.05) is 19.1 Å². The molecule has 0 aromatic rings. The van der Waals surface area contributed by atoms with Gasteiger partial charge in [-0.3, -0.25) is 0 Å². The van der Waals surface area contributed by atoms with E-state index < -0.39 is 10.0 Å². The molecule has 0 rings (SSSR count). The van der Waals surface area contributed by atoms with Crippen LogP contribution in [0.5, 0.6) is 0 Å². The Balaban J connectivity index is 3.45. The molecule has 4 nitrogen and oxygen atoms in total. The van der Waals surface area contributed by atoms with Gasteiger partial charge >= 0.3 is 0 Å². The van der Waals surface area contributed by atoms with E-state index in [-0.39, 0.29) is 0 Å². The van der Waals surface area contributed by atoms with Crippen LogP contribution in [0.1, 0.15) is 27.2 Å². The number of nitrogens with one attached hydrogen (secondary N) is 2. The normalized spacial score (nSPS) is 14.6. The first-order chi connectivity index (χ1) is 6.31. The first-order valence-electron chi connectivity index (χ1n) is 4.99. The van der Waals surface area contributed by atoms with Crippen molar-refractivity contribution in [1.82, 2.24) is 10.0 Å². The van der Waals surface area contributed by atoms with Gasteiger partial charge in [0.05, 0.1) is 6.26 Å². The van der Waals surface area contributed by atoms with Crippen molar-refractivity contribution >= 4 is 10.0 Å². The molecular formula is C9H22N2O2S. The lowest BCUT2D eigenvalue weighted by Crippen LogP contribution is -2.35. The molecule has 1 unspecified atom stereocenters. The molecule has 2 N–H and O–H groups in total. The fraction of sp³-hybridized carbons (Fsp3) is 1.00. The Kier molecular flexibility index (Phi) is 6.31. The first-order valence-corrected chi connectivity index (χ1v) is 6.88. The summed E-state index contributed by atoms with van der Waals surface area (Å²) in [7, 11) is -3.04. The number of rotatable bonds is 7. The molecule has 0 spiro atoms. The molecule has 14 heavy (non-hydrogen) atoms. The van der Waals surface area contributed by atoms with Crippen LogP contribution in [0, 0.1) is 5.92 Å². The smallest absolute Gasteiger partial charge is 0.208 e. The van der Waals surface area contributed by atoms with E-state index in [0.29, 0.717) is 25.0 Å². The maximum absolute atomic E-state index is 10.7. The highest BCUT2D eigenvalue weighted by Crippen LogP contribution is 2.02. The van der Waals surface area contributed by atoms with Gasteiger partial charge in [-0.15, -0.1) is 0 Å². The average molecular weight is 222 g/mol. The molecule has 0 aromatic heterocycles. The monoisotopic (exact) mass is 222 g/mol. The summed E-state index contributed by atoms with van der Waals surface area (Å²) >= 11 is 0. The summed E-state index contributed by atoms with van der Waals surface area (Å²) < 4.78 is 23.9. The van der Waals surface area contributed by atoms with Gasteiger partial charge in [-0.25, -0.2) is 13.1 Å². The lowest BCUT2D eigenvalue weighted by molar-refractivity contribution is 0.444. The van der Waals surface area contributed by atoms with E-state index >= 15 is 0 Å². The summed E-state index contributed by atoms with van der Waals surface area (Å²) in [5.74, 6) is 0.667. The van der Waals surface area contributed by atoms with E-state index in [1.165, 1.54) is 6.26 Å². The lowest BCUT2D eigenvalue weighted by Gasteiger charge is -2.15. The molecule has 0 aromatic carbocycles. The van der Waals surface area contributed by atoms with Crippen molar-refractivity contribution < 1.29 is 8.42 Å². The van der Waals surface area contributed by atoms with Gasteiger partial charge in [0.15, 0.2) is 0 Å². The molecule has 0 aliphatic heterocycles. The zero-order valence-electron chi connectivity index (χ0n) is 9.50. The van der Waals surface area contributed by atoms with Crippen molar-refractivity contribution in [2.24, 2.45) is 5.92 Å². The van der Waals surface area contributed by atoms with Crippen LogP contribution in [-0.2, 0) is 10.0 Å². The number of hydrogen-bond acceptors (Lipinski definition) is 3. The summed E-state index contributed by atoms with van der Waals surface area (Å²) in [6.45, 7) is 7.60. The van der Waals surface area contributed by atoms with Crippen molar-refractivity contribution in [3.63, 3.8) is 0 Å². The van der Waals surface area contributed by atoms with E-state index in [9.17, 15) is 8.42 Å². The van der Waals surface area contributed by atoms with Crippen LogP contribution in [0.25, 0.3) is 0 Å². The van der Waals surface area contributed by atoms with Gasteiger partial charge in [-0.05, 0) is 19.3 Å². The second-order valence-corrected chi connectivity index (χ2v) is 5.98. The molecule has 0 heterocycles. The summed E-state index contributed by atoms with van der Waals surface area (Å²) in [5, 5.41) is 3.26. The van der Waals surface area contributed by atoms with Gasteiger partial charge in [0.2, 0.25) is 10.0 Å². The molecule has 0 amide bonds. The van der Waals surface area contributed by atoms with Crippen LogP contribution in [0.3, 0.4) is 0 Å². The SMILES string of the molecule is CC(C)CC(C)NCCNS(C)(=O)=O. The number of hydrogen-bond donors (Lipinski definition) is 2. The summed E-state index contributed by atoms with van der Waals surface area (Å²) in [6.07, 6.45) is 2.28. The zero-order chi connectivity index (χ0) is 11.2. The van der Waals surface area contributed by atoms with Crippen molar-refractivity contribution in [1.29, 1.82) is 0 Å². The molecule has 0 aliphatic rings. The van der Waals surface area contributed by atoms with Gasteiger partial charge in [-0.2, -0.15) is 0 Å². The minimum absolute atomic E-state index is 0.441. The van der Waals surface area contributed by atoms with Crippen molar-refractivity contribution in [3.8, 4) is 0 Å². The van der Waals surface area contributed by atoms with E-state index in [0.717, 1.165) is 6.42 Å². The second-order valence-electron chi connectivity index (χ2n) is 4.15. The largest absolute Gasteiger partial charge is 0.313 e. The maximum Gasteiger partial charge on any atom is 0.208 e. The summed E-state index contributed by atoms with van der Waals surface area (Å²) in [4.78, 5) is 0. The van der Waals surface area contributed by atoms with Gasteiger partial charge in [-0.1, -0.05) is 13.8 Å². The zero-order valence-corrected chi connectivity index (χ0v) is 10.3. The molecular weight excluding hydrogens is 200 g/mol. The molecule has 0 radical (unpaired) electrons. The third-order valence-electron chi connectivity index (χ3n) is 1.81. The van der Waals surface area contributed by atoms with Crippen LogP contribution < -0.4 is 10.0 Å². The third-order valence-corrected chi connectivity index (χ3v) is 2.54. The van der Waals surface area contributed by atoms with E-state index in [1.54, 1.807) is 0 Å². The lowest BCUT2D eigenvalue weighted by atomic mass is 10.1. The topological polar surface area (TPSA) is 58.2 Å². The molecule has 1 atom stereocenters. The molecule has 5 heteroatoms. The highest BCUT2D eigenvalue weighted by molar-refractivity contribution is 7.88. The Bertz CT molecular complexity index is 237. The second kappa shape index (κ2) is 6.37. The average Bonchev–Trinajstić information content (AvgIpc) is 1.95. The number of sulfonamides is 1. The fourth-order valence-electron chi connectivity index (χ4n) is 1.35. The molecule has 0 aliphatic carbocycles. The van der Waals surface area contributed by atoms with Crippen LogP contribution in [-0.4, -0.2) is 33.8 Å². The van der Waals surface area contributed by atoms with Crippen LogP contribution >= 0.6 is 0 Å². The van der Waals surface area contributed by atoms with Gasteiger partial charge in [0.1, 0.15) is 0 Å². The van der Waals surface area contributed by atoms with Gasteiger partial charge in [0.25, 0.3) is 0 Å². The predicted molar refractivity (Wildman–Crippen MR) is 59.8 cm³/mol. The van der Waals surface area contributed by atoms with Gasteiger partial charge < -0.3 is 5.32 Å². The van der Waals surface area contributed by atoms with Crippen molar-refractivity contribution in [2.45, 2.75) is 33.2 Å². The quantitative estimate of drug-likeness (QED) is 0.619. The predicted octanol–water partition coefficient (Wildman–Crippen LogP) is 0.560. The van der Waals surface area contributed by atoms with Crippen molar-refractivity contribution in [3.05, 3.63) is 0 Å². The minimum Gasteiger partial charge on any atom is -0.313 e. The Morgan fingerprint density at radius 1 is 1.14 bits per heavy atom. The standard InChI is InChI=1S/C9H22N2O2S/c1-8(2)7-9(3)10-5-6-11-14(4,12)13/h8-11H,5-7H2,1-4H3. The Morgan fingerprint density at radius 3 is 2.14 bits per heavy atom. The summed E-state index contributed by atoms with van der Waals surface area (Å²) in [5.41, 5.74) is 0. The molecule has 0 fully saturated rings. The molecule has 0 saturated carbocycles. The Labute approximate surface area is 87.5 Å². The molecule has 86 valence electrons. The highest BCUT2D eigenvalue weighted by Gasteiger charge is 2.04. The third kappa shape index (κ3) is 9.95. The van der Waals surface area contributed by atoms with E-state index in [1.807, 2.05) is 0 Å². The molecule has 0 bridgehead atoms. The van der Waals surface area contributed by atoms with Crippen LogP contribution in [0.2, 0.25) is 0 Å². The minimum atomic E-state index is -3.04. The van der Waals surface area contributed by atoms with Crippen LogP contribution in [0.4, 0.5) is 0 Å². The summed E-state index contributed by atoms with van der Waals surface area (Å²) in [6, 6.07) is 0.441. The maximum atomic E-state index is 10.7.